The number of aromatic nitrogens is 3. The van der Waals surface area contributed by atoms with E-state index < -0.39 is 12.0 Å². The van der Waals surface area contributed by atoms with Gasteiger partial charge in [0.15, 0.2) is 0 Å². The Bertz CT molecular complexity index is 379. The van der Waals surface area contributed by atoms with E-state index in [4.69, 9.17) is 9.84 Å². The Morgan fingerprint density at radius 1 is 1.75 bits per heavy atom. The van der Waals surface area contributed by atoms with Gasteiger partial charge >= 0.3 is 5.97 Å². The minimum atomic E-state index is -0.858. The second kappa shape index (κ2) is 4.58. The number of morpholine rings is 1. The fourth-order valence-electron chi connectivity index (χ4n) is 1.73. The maximum absolute atomic E-state index is 11.0. The second-order valence-corrected chi connectivity index (χ2v) is 3.78. The topological polar surface area (TPSA) is 80.5 Å². The first-order chi connectivity index (χ1) is 7.66. The van der Waals surface area contributed by atoms with Crippen molar-refractivity contribution in [3.05, 3.63) is 11.9 Å². The third kappa shape index (κ3) is 2.37. The molecule has 7 heteroatoms. The van der Waals surface area contributed by atoms with Crippen LogP contribution in [0.1, 0.15) is 5.69 Å². The summed E-state index contributed by atoms with van der Waals surface area (Å²) in [5.41, 5.74) is 0.774. The van der Waals surface area contributed by atoms with Crippen molar-refractivity contribution in [2.75, 3.05) is 19.8 Å². The van der Waals surface area contributed by atoms with Gasteiger partial charge in [-0.1, -0.05) is 5.21 Å². The molecule has 16 heavy (non-hydrogen) atoms. The number of carbonyl (C=O) groups is 1. The number of hydrogen-bond donors (Lipinski definition) is 1. The van der Waals surface area contributed by atoms with Crippen molar-refractivity contribution < 1.29 is 14.6 Å². The van der Waals surface area contributed by atoms with E-state index in [9.17, 15) is 4.79 Å². The zero-order valence-electron chi connectivity index (χ0n) is 9.04. The van der Waals surface area contributed by atoms with E-state index >= 15 is 0 Å². The summed E-state index contributed by atoms with van der Waals surface area (Å²) >= 11 is 0. The smallest absolute Gasteiger partial charge is 0.323 e. The Labute approximate surface area is 92.6 Å². The van der Waals surface area contributed by atoms with E-state index in [-0.39, 0.29) is 6.61 Å². The fourth-order valence-corrected chi connectivity index (χ4v) is 1.73. The maximum Gasteiger partial charge on any atom is 0.323 e. The van der Waals surface area contributed by atoms with Crippen LogP contribution in [0, 0.1) is 0 Å². The highest BCUT2D eigenvalue weighted by atomic mass is 16.5. The molecule has 2 heterocycles. The lowest BCUT2D eigenvalue weighted by atomic mass is 10.2. The summed E-state index contributed by atoms with van der Waals surface area (Å²) in [5.74, 6) is -0.858. The Hall–Kier alpha value is -1.47. The lowest BCUT2D eigenvalue weighted by Gasteiger charge is -2.31. The second-order valence-electron chi connectivity index (χ2n) is 3.78. The standard InChI is InChI=1S/C9H14N4O3/c1-12-4-7(10-11-12)5-13-2-3-16-6-8(13)9(14)15/h4,8H,2-3,5-6H2,1H3,(H,14,15). The molecular weight excluding hydrogens is 212 g/mol. The van der Waals surface area contributed by atoms with Crippen molar-refractivity contribution in [3.8, 4) is 0 Å². The third-order valence-corrected chi connectivity index (χ3v) is 2.54. The summed E-state index contributed by atoms with van der Waals surface area (Å²) < 4.78 is 6.76. The zero-order chi connectivity index (χ0) is 11.5. The minimum Gasteiger partial charge on any atom is -0.480 e. The molecule has 1 aliphatic rings. The molecule has 1 aliphatic heterocycles. The Kier molecular flexibility index (Phi) is 3.16. The molecule has 1 aromatic rings. The van der Waals surface area contributed by atoms with Crippen molar-refractivity contribution >= 4 is 5.97 Å². The van der Waals surface area contributed by atoms with Crippen molar-refractivity contribution in [1.29, 1.82) is 0 Å². The predicted molar refractivity (Wildman–Crippen MR) is 53.7 cm³/mol. The van der Waals surface area contributed by atoms with Gasteiger partial charge in [0.1, 0.15) is 6.04 Å². The summed E-state index contributed by atoms with van der Waals surface area (Å²) in [6, 6.07) is -0.587. The number of ether oxygens (including phenoxy) is 1. The Morgan fingerprint density at radius 3 is 3.19 bits per heavy atom. The van der Waals surface area contributed by atoms with Gasteiger partial charge in [0.25, 0.3) is 0 Å². The van der Waals surface area contributed by atoms with E-state index in [1.54, 1.807) is 17.9 Å². The molecule has 1 saturated heterocycles. The number of rotatable bonds is 3. The zero-order valence-corrected chi connectivity index (χ0v) is 9.04. The lowest BCUT2D eigenvalue weighted by molar-refractivity contribution is -0.150. The van der Waals surface area contributed by atoms with Gasteiger partial charge in [-0.15, -0.1) is 5.10 Å². The van der Waals surface area contributed by atoms with Gasteiger partial charge in [0.2, 0.25) is 0 Å². The molecule has 0 aliphatic carbocycles. The molecule has 1 fully saturated rings. The number of aliphatic carboxylic acids is 1. The molecule has 0 spiro atoms. The molecule has 1 unspecified atom stereocenters. The van der Waals surface area contributed by atoms with E-state index in [1.807, 2.05) is 4.90 Å². The molecule has 1 N–H and O–H groups in total. The Balaban J connectivity index is 2.03. The normalized spacial score (nSPS) is 22.2. The molecule has 88 valence electrons. The number of nitrogens with zero attached hydrogens (tertiary/aromatic N) is 4. The highest BCUT2D eigenvalue weighted by Gasteiger charge is 2.29. The summed E-state index contributed by atoms with van der Waals surface area (Å²) in [6.45, 7) is 1.89. The fraction of sp³-hybridized carbons (Fsp3) is 0.667. The summed E-state index contributed by atoms with van der Waals surface area (Å²) in [4.78, 5) is 12.8. The molecule has 0 amide bonds. The van der Waals surface area contributed by atoms with Gasteiger partial charge in [-0.2, -0.15) is 0 Å². The summed E-state index contributed by atoms with van der Waals surface area (Å²) in [6.07, 6.45) is 1.79. The van der Waals surface area contributed by atoms with Crippen LogP contribution in [-0.2, 0) is 23.1 Å². The average Bonchev–Trinajstić information content (AvgIpc) is 2.64. The number of carboxylic acids is 1. The molecule has 0 saturated carbocycles. The molecule has 7 nitrogen and oxygen atoms in total. The lowest BCUT2D eigenvalue weighted by Crippen LogP contribution is -2.49. The number of aryl methyl sites for hydroxylation is 1. The number of carboxylic acid groups (broad SMARTS) is 1. The highest BCUT2D eigenvalue weighted by Crippen LogP contribution is 2.10. The van der Waals surface area contributed by atoms with Crippen LogP contribution in [-0.4, -0.2) is 56.8 Å². The van der Waals surface area contributed by atoms with Gasteiger partial charge < -0.3 is 9.84 Å². The van der Waals surface area contributed by atoms with Crippen molar-refractivity contribution in [1.82, 2.24) is 19.9 Å². The first-order valence-electron chi connectivity index (χ1n) is 5.06. The first kappa shape index (κ1) is 11.0. The monoisotopic (exact) mass is 226 g/mol. The maximum atomic E-state index is 11.0. The van der Waals surface area contributed by atoms with Gasteiger partial charge in [-0.3, -0.25) is 14.4 Å². The van der Waals surface area contributed by atoms with Crippen LogP contribution in [0.25, 0.3) is 0 Å². The van der Waals surface area contributed by atoms with Crippen molar-refractivity contribution in [2.24, 2.45) is 7.05 Å². The average molecular weight is 226 g/mol. The minimum absolute atomic E-state index is 0.232. The van der Waals surface area contributed by atoms with Gasteiger partial charge in [-0.25, -0.2) is 0 Å². The van der Waals surface area contributed by atoms with Crippen LogP contribution in [0.15, 0.2) is 6.20 Å². The van der Waals surface area contributed by atoms with E-state index in [1.165, 1.54) is 0 Å². The highest BCUT2D eigenvalue weighted by molar-refractivity contribution is 5.73. The SMILES string of the molecule is Cn1cc(CN2CCOCC2C(=O)O)nn1. The van der Waals surface area contributed by atoms with Gasteiger partial charge in [0.05, 0.1) is 18.9 Å². The molecule has 2 rings (SSSR count). The van der Waals surface area contributed by atoms with Crippen LogP contribution in [0.5, 0.6) is 0 Å². The third-order valence-electron chi connectivity index (χ3n) is 2.54. The van der Waals surface area contributed by atoms with E-state index in [2.05, 4.69) is 10.3 Å². The summed E-state index contributed by atoms with van der Waals surface area (Å²) in [7, 11) is 1.78. The molecule has 1 aromatic heterocycles. The molecule has 0 bridgehead atoms. The van der Waals surface area contributed by atoms with E-state index in [0.29, 0.717) is 19.7 Å². The van der Waals surface area contributed by atoms with E-state index in [0.717, 1.165) is 5.69 Å². The molecule has 1 atom stereocenters. The van der Waals surface area contributed by atoms with Gasteiger partial charge in [-0.05, 0) is 0 Å². The van der Waals surface area contributed by atoms with Crippen LogP contribution in [0.2, 0.25) is 0 Å². The van der Waals surface area contributed by atoms with Crippen LogP contribution >= 0.6 is 0 Å². The van der Waals surface area contributed by atoms with Crippen LogP contribution < -0.4 is 0 Å². The first-order valence-corrected chi connectivity index (χ1v) is 5.06. The van der Waals surface area contributed by atoms with Crippen LogP contribution in [0.4, 0.5) is 0 Å². The largest absolute Gasteiger partial charge is 0.480 e. The quantitative estimate of drug-likeness (QED) is 0.719. The van der Waals surface area contributed by atoms with Crippen molar-refractivity contribution in [3.63, 3.8) is 0 Å². The predicted octanol–water partition coefficient (Wildman–Crippen LogP) is -0.899. The molecular formula is C9H14N4O3. The summed E-state index contributed by atoms with van der Waals surface area (Å²) in [5, 5.41) is 16.8. The van der Waals surface area contributed by atoms with Crippen molar-refractivity contribution in [2.45, 2.75) is 12.6 Å². The molecule has 0 radical (unpaired) electrons. The van der Waals surface area contributed by atoms with Gasteiger partial charge in [0, 0.05) is 26.3 Å². The Morgan fingerprint density at radius 2 is 2.56 bits per heavy atom. The number of hydrogen-bond acceptors (Lipinski definition) is 5. The molecule has 0 aromatic carbocycles. The van der Waals surface area contributed by atoms with Crippen LogP contribution in [0.3, 0.4) is 0 Å².